The van der Waals surface area contributed by atoms with E-state index in [0.29, 0.717) is 23.7 Å². The van der Waals surface area contributed by atoms with Gasteiger partial charge >= 0.3 is 5.97 Å². The molecule has 2 aromatic carbocycles. The van der Waals surface area contributed by atoms with Crippen molar-refractivity contribution in [3.05, 3.63) is 52.5 Å². The molecule has 0 fully saturated rings. The van der Waals surface area contributed by atoms with Crippen LogP contribution in [0.2, 0.25) is 5.02 Å². The summed E-state index contributed by atoms with van der Waals surface area (Å²) >= 11 is 5.94. The normalized spacial score (nSPS) is 10.2. The molecule has 0 aliphatic carbocycles. The molecule has 132 valence electrons. The van der Waals surface area contributed by atoms with Crippen LogP contribution >= 0.6 is 11.6 Å². The summed E-state index contributed by atoms with van der Waals surface area (Å²) in [7, 11) is 1.49. The number of carboxylic acids is 1. The molecule has 0 saturated heterocycles. The first kappa shape index (κ1) is 18.4. The first-order valence-electron chi connectivity index (χ1n) is 7.25. The van der Waals surface area contributed by atoms with Crippen molar-refractivity contribution in [1.82, 2.24) is 0 Å². The van der Waals surface area contributed by atoms with E-state index in [1.54, 1.807) is 30.3 Å². The van der Waals surface area contributed by atoms with Gasteiger partial charge in [-0.1, -0.05) is 17.7 Å². The summed E-state index contributed by atoms with van der Waals surface area (Å²) in [6, 6.07) is 9.87. The third kappa shape index (κ3) is 5.02. The van der Waals surface area contributed by atoms with Crippen LogP contribution < -0.4 is 20.5 Å². The molecule has 0 radical (unpaired) electrons. The number of methoxy groups -OCH3 is 1. The largest absolute Gasteiger partial charge is 0.493 e. The Balaban J connectivity index is 2.06. The average molecular weight is 365 g/mol. The van der Waals surface area contributed by atoms with Crippen LogP contribution in [-0.4, -0.2) is 30.7 Å². The van der Waals surface area contributed by atoms with Crippen LogP contribution in [0.3, 0.4) is 0 Å². The van der Waals surface area contributed by atoms with Gasteiger partial charge in [0.2, 0.25) is 0 Å². The van der Waals surface area contributed by atoms with Crippen molar-refractivity contribution in [2.75, 3.05) is 19.0 Å². The van der Waals surface area contributed by atoms with Gasteiger partial charge in [0, 0.05) is 12.2 Å². The molecule has 0 spiro atoms. The minimum absolute atomic E-state index is 0.0461. The lowest BCUT2D eigenvalue weighted by Crippen LogP contribution is -2.20. The van der Waals surface area contributed by atoms with Crippen LogP contribution in [0, 0.1) is 0 Å². The first-order chi connectivity index (χ1) is 11.9. The number of carbonyl (C=O) groups excluding carboxylic acids is 1. The monoisotopic (exact) mass is 364 g/mol. The quantitative estimate of drug-likeness (QED) is 0.663. The van der Waals surface area contributed by atoms with Crippen LogP contribution in [0.4, 0.5) is 5.69 Å². The van der Waals surface area contributed by atoms with Crippen LogP contribution in [0.15, 0.2) is 36.4 Å². The maximum Gasteiger partial charge on any atom is 0.337 e. The Morgan fingerprint density at radius 1 is 1.20 bits per heavy atom. The number of halogens is 1. The van der Waals surface area contributed by atoms with Gasteiger partial charge in [-0.15, -0.1) is 0 Å². The van der Waals surface area contributed by atoms with Crippen molar-refractivity contribution in [3.8, 4) is 11.5 Å². The summed E-state index contributed by atoms with van der Waals surface area (Å²) in [5, 5.41) is 12.3. The Labute approximate surface area is 149 Å². The highest BCUT2D eigenvalue weighted by Gasteiger charge is 2.10. The number of carbonyl (C=O) groups is 2. The maximum atomic E-state index is 11.0. The van der Waals surface area contributed by atoms with E-state index < -0.39 is 11.9 Å². The van der Waals surface area contributed by atoms with Gasteiger partial charge in [-0.25, -0.2) is 4.79 Å². The number of hydrogen-bond donors (Lipinski definition) is 3. The van der Waals surface area contributed by atoms with E-state index in [2.05, 4.69) is 5.32 Å². The SMILES string of the molecule is COc1cc(CNc2ccc(C(=O)O)c(Cl)c2)ccc1OCC(N)=O. The number of ether oxygens (including phenoxy) is 2. The smallest absolute Gasteiger partial charge is 0.337 e. The predicted molar refractivity (Wildman–Crippen MR) is 93.4 cm³/mol. The minimum Gasteiger partial charge on any atom is -0.493 e. The molecule has 0 aromatic heterocycles. The molecule has 0 aliphatic heterocycles. The number of rotatable bonds is 8. The Morgan fingerprint density at radius 3 is 2.56 bits per heavy atom. The number of amides is 1. The number of nitrogens with two attached hydrogens (primary N) is 1. The number of benzene rings is 2. The van der Waals surface area contributed by atoms with E-state index in [9.17, 15) is 9.59 Å². The minimum atomic E-state index is -1.08. The molecule has 0 heterocycles. The second kappa shape index (κ2) is 8.25. The van der Waals surface area contributed by atoms with Gasteiger partial charge in [0.25, 0.3) is 5.91 Å². The van der Waals surface area contributed by atoms with Crippen molar-refractivity contribution < 1.29 is 24.2 Å². The van der Waals surface area contributed by atoms with Crippen LogP contribution in [-0.2, 0) is 11.3 Å². The zero-order valence-corrected chi connectivity index (χ0v) is 14.2. The summed E-state index contributed by atoms with van der Waals surface area (Å²) in [6.45, 7) is 0.220. The van der Waals surface area contributed by atoms with Crippen LogP contribution in [0.25, 0.3) is 0 Å². The van der Waals surface area contributed by atoms with E-state index in [1.165, 1.54) is 13.2 Å². The molecular formula is C17H17ClN2O5. The lowest BCUT2D eigenvalue weighted by molar-refractivity contribution is -0.119. The van der Waals surface area contributed by atoms with Crippen molar-refractivity contribution in [2.24, 2.45) is 5.73 Å². The van der Waals surface area contributed by atoms with Gasteiger partial charge in [-0.05, 0) is 35.9 Å². The molecule has 2 rings (SSSR count). The molecule has 2 aromatic rings. The Bertz CT molecular complexity index is 795. The number of primary amides is 1. The first-order valence-corrected chi connectivity index (χ1v) is 7.63. The fourth-order valence-corrected chi connectivity index (χ4v) is 2.35. The summed E-state index contributed by atoms with van der Waals surface area (Å²) in [4.78, 5) is 21.7. The van der Waals surface area contributed by atoms with E-state index in [-0.39, 0.29) is 17.2 Å². The van der Waals surface area contributed by atoms with Crippen molar-refractivity contribution in [3.63, 3.8) is 0 Å². The maximum absolute atomic E-state index is 11.0. The second-order valence-electron chi connectivity index (χ2n) is 5.09. The summed E-state index contributed by atoms with van der Waals surface area (Å²) < 4.78 is 10.5. The Hall–Kier alpha value is -2.93. The third-order valence-electron chi connectivity index (χ3n) is 3.29. The van der Waals surface area contributed by atoms with Crippen molar-refractivity contribution in [1.29, 1.82) is 0 Å². The number of aromatic carboxylic acids is 1. The molecule has 1 amide bonds. The molecule has 4 N–H and O–H groups in total. The highest BCUT2D eigenvalue weighted by Crippen LogP contribution is 2.28. The van der Waals surface area contributed by atoms with Crippen molar-refractivity contribution in [2.45, 2.75) is 6.54 Å². The molecule has 0 unspecified atom stereocenters. The van der Waals surface area contributed by atoms with E-state index in [1.807, 2.05) is 0 Å². The van der Waals surface area contributed by atoms with Crippen LogP contribution in [0.1, 0.15) is 15.9 Å². The average Bonchev–Trinajstić information content (AvgIpc) is 2.58. The van der Waals surface area contributed by atoms with Crippen LogP contribution in [0.5, 0.6) is 11.5 Å². The Morgan fingerprint density at radius 2 is 1.96 bits per heavy atom. The predicted octanol–water partition coefficient (Wildman–Crippen LogP) is 2.52. The lowest BCUT2D eigenvalue weighted by Gasteiger charge is -2.12. The third-order valence-corrected chi connectivity index (χ3v) is 3.61. The fraction of sp³-hybridized carbons (Fsp3) is 0.176. The van der Waals surface area contributed by atoms with Gasteiger partial charge in [-0.3, -0.25) is 4.79 Å². The van der Waals surface area contributed by atoms with Gasteiger partial charge in [0.05, 0.1) is 17.7 Å². The Kier molecular flexibility index (Phi) is 6.08. The number of nitrogens with one attached hydrogen (secondary N) is 1. The van der Waals surface area contributed by atoms with E-state index in [4.69, 9.17) is 31.9 Å². The molecule has 7 nitrogen and oxygen atoms in total. The van der Waals surface area contributed by atoms with Gasteiger partial charge in [0.15, 0.2) is 18.1 Å². The fourth-order valence-electron chi connectivity index (χ4n) is 2.09. The lowest BCUT2D eigenvalue weighted by atomic mass is 10.1. The number of hydrogen-bond acceptors (Lipinski definition) is 5. The van der Waals surface area contributed by atoms with Gasteiger partial charge in [-0.2, -0.15) is 0 Å². The molecule has 25 heavy (non-hydrogen) atoms. The molecule has 0 saturated carbocycles. The highest BCUT2D eigenvalue weighted by atomic mass is 35.5. The molecule has 0 aliphatic rings. The molecular weight excluding hydrogens is 348 g/mol. The van der Waals surface area contributed by atoms with Gasteiger partial charge in [0.1, 0.15) is 0 Å². The van der Waals surface area contributed by atoms with E-state index in [0.717, 1.165) is 5.56 Å². The summed E-state index contributed by atoms with van der Waals surface area (Å²) in [5.41, 5.74) is 6.67. The molecule has 0 bridgehead atoms. The molecule has 0 atom stereocenters. The summed E-state index contributed by atoms with van der Waals surface area (Å²) in [5.74, 6) is -0.763. The zero-order chi connectivity index (χ0) is 18.4. The number of anilines is 1. The van der Waals surface area contributed by atoms with Crippen molar-refractivity contribution >= 4 is 29.2 Å². The number of carboxylic acid groups (broad SMARTS) is 1. The molecule has 8 heteroatoms. The summed E-state index contributed by atoms with van der Waals surface area (Å²) in [6.07, 6.45) is 0. The van der Waals surface area contributed by atoms with E-state index >= 15 is 0 Å². The highest BCUT2D eigenvalue weighted by molar-refractivity contribution is 6.33. The van der Waals surface area contributed by atoms with Gasteiger partial charge < -0.3 is 25.6 Å². The standard InChI is InChI=1S/C17H17ClN2O5/c1-24-15-6-10(2-5-14(15)25-9-16(19)21)8-20-11-3-4-12(17(22)23)13(18)7-11/h2-7,20H,8-9H2,1H3,(H2,19,21)(H,22,23). The topological polar surface area (TPSA) is 111 Å². The second-order valence-corrected chi connectivity index (χ2v) is 5.50. The zero-order valence-electron chi connectivity index (χ0n) is 13.4.